The van der Waals surface area contributed by atoms with Gasteiger partial charge >= 0.3 is 0 Å². The maximum atomic E-state index is 14.1. The molecule has 0 atom stereocenters. The second-order valence-corrected chi connectivity index (χ2v) is 9.84. The molecule has 1 aliphatic heterocycles. The quantitative estimate of drug-likeness (QED) is 0.282. The lowest BCUT2D eigenvalue weighted by molar-refractivity contribution is 0.102. The Hall–Kier alpha value is -4.25. The molecule has 5 aromatic rings. The summed E-state index contributed by atoms with van der Waals surface area (Å²) in [6.45, 7) is 5.19. The average Bonchev–Trinajstić information content (AvgIpc) is 3.34. The number of amides is 1. The van der Waals surface area contributed by atoms with Gasteiger partial charge in [-0.15, -0.1) is 0 Å². The normalized spacial score (nSPS) is 12.9. The van der Waals surface area contributed by atoms with Gasteiger partial charge in [-0.25, -0.2) is 0 Å². The molecule has 0 spiro atoms. The van der Waals surface area contributed by atoms with Crippen LogP contribution in [0.5, 0.6) is 5.75 Å². The minimum Gasteiger partial charge on any atom is -0.495 e. The van der Waals surface area contributed by atoms with Gasteiger partial charge in [-0.3, -0.25) is 9.20 Å². The molecule has 3 aromatic carbocycles. The lowest BCUT2D eigenvalue weighted by Crippen LogP contribution is -2.16. The number of anilines is 1. The second kappa shape index (κ2) is 9.32. The molecule has 0 bridgehead atoms. The largest absolute Gasteiger partial charge is 0.495 e. The molecule has 0 radical (unpaired) electrons. The number of hydrogen-bond donors (Lipinski definition) is 1. The SMILES string of the molecule is COc1ccccc1NC(=O)c1c(-c2ccc(C)c(C)c2)c2c3n(c(-c4ccccc4)cn13)CCCC2. The van der Waals surface area contributed by atoms with E-state index in [1.165, 1.54) is 16.7 Å². The Bertz CT molecular complexity index is 1630. The number of methoxy groups -OCH3 is 1. The van der Waals surface area contributed by atoms with Crippen LogP contribution in [0.1, 0.15) is 40.0 Å². The van der Waals surface area contributed by atoms with E-state index in [-0.39, 0.29) is 5.91 Å². The molecule has 0 fully saturated rings. The van der Waals surface area contributed by atoms with E-state index in [4.69, 9.17) is 4.74 Å². The molecule has 5 heteroatoms. The van der Waals surface area contributed by atoms with Crippen LogP contribution in [0.25, 0.3) is 28.0 Å². The third-order valence-corrected chi connectivity index (χ3v) is 7.57. The molecule has 1 aliphatic rings. The van der Waals surface area contributed by atoms with Gasteiger partial charge in [0.05, 0.1) is 18.5 Å². The highest BCUT2D eigenvalue weighted by molar-refractivity contribution is 6.10. The number of carbonyl (C=O) groups is 1. The van der Waals surface area contributed by atoms with Crippen molar-refractivity contribution >= 4 is 17.2 Å². The number of hydrogen-bond acceptors (Lipinski definition) is 2. The van der Waals surface area contributed by atoms with Gasteiger partial charge in [0.15, 0.2) is 0 Å². The van der Waals surface area contributed by atoms with Crippen molar-refractivity contribution in [3.63, 3.8) is 0 Å². The van der Waals surface area contributed by atoms with Crippen molar-refractivity contribution < 1.29 is 9.53 Å². The number of para-hydroxylation sites is 2. The fourth-order valence-electron chi connectivity index (χ4n) is 5.59. The second-order valence-electron chi connectivity index (χ2n) is 9.84. The summed E-state index contributed by atoms with van der Waals surface area (Å²) >= 11 is 0. The van der Waals surface area contributed by atoms with Crippen LogP contribution in [-0.4, -0.2) is 22.0 Å². The number of carbonyl (C=O) groups excluding carboxylic acids is 1. The van der Waals surface area contributed by atoms with Crippen molar-refractivity contribution in [2.45, 2.75) is 39.7 Å². The third-order valence-electron chi connectivity index (χ3n) is 7.57. The Morgan fingerprint density at radius 3 is 2.46 bits per heavy atom. The zero-order valence-corrected chi connectivity index (χ0v) is 21.5. The molecule has 0 saturated heterocycles. The van der Waals surface area contributed by atoms with E-state index in [1.54, 1.807) is 7.11 Å². The topological polar surface area (TPSA) is 47.7 Å². The van der Waals surface area contributed by atoms with Crippen LogP contribution in [0.4, 0.5) is 5.69 Å². The lowest BCUT2D eigenvalue weighted by atomic mass is 9.95. The predicted octanol–water partition coefficient (Wildman–Crippen LogP) is 7.29. The van der Waals surface area contributed by atoms with E-state index in [9.17, 15) is 4.79 Å². The van der Waals surface area contributed by atoms with Crippen LogP contribution in [0.15, 0.2) is 79.0 Å². The van der Waals surface area contributed by atoms with Gasteiger partial charge in [0.1, 0.15) is 17.1 Å². The van der Waals surface area contributed by atoms with Gasteiger partial charge in [0.25, 0.3) is 5.91 Å². The van der Waals surface area contributed by atoms with Gasteiger partial charge in [0, 0.05) is 23.9 Å². The lowest BCUT2D eigenvalue weighted by Gasteiger charge is -2.13. The van der Waals surface area contributed by atoms with Gasteiger partial charge in [-0.2, -0.15) is 0 Å². The molecule has 0 saturated carbocycles. The Kier molecular flexibility index (Phi) is 5.84. The molecule has 0 aliphatic carbocycles. The molecule has 1 N–H and O–H groups in total. The van der Waals surface area contributed by atoms with E-state index in [1.807, 2.05) is 30.3 Å². The first-order valence-corrected chi connectivity index (χ1v) is 12.9. The van der Waals surface area contributed by atoms with E-state index in [0.717, 1.165) is 53.8 Å². The summed E-state index contributed by atoms with van der Waals surface area (Å²) < 4.78 is 10.0. The smallest absolute Gasteiger partial charge is 0.273 e. The summed E-state index contributed by atoms with van der Waals surface area (Å²) in [5.74, 6) is 0.497. The first-order chi connectivity index (χ1) is 18.1. The van der Waals surface area contributed by atoms with Crippen LogP contribution in [0.2, 0.25) is 0 Å². The van der Waals surface area contributed by atoms with Crippen molar-refractivity contribution in [1.82, 2.24) is 8.97 Å². The van der Waals surface area contributed by atoms with E-state index < -0.39 is 0 Å². The van der Waals surface area contributed by atoms with Crippen LogP contribution in [-0.2, 0) is 13.0 Å². The van der Waals surface area contributed by atoms with Gasteiger partial charge < -0.3 is 14.6 Å². The standard InChI is InChI=1S/C32H31N3O2/c1-21-16-17-24(19-22(21)2)29-25-13-9-10-18-34-27(23-11-5-4-6-12-23)20-35(32(25)34)30(29)31(36)33-26-14-7-8-15-28(26)37-3/h4-8,11-12,14-17,19-20H,9-10,13,18H2,1-3H3,(H,33,36). The molecule has 186 valence electrons. The molecule has 0 unspecified atom stereocenters. The first kappa shape index (κ1) is 23.2. The Morgan fingerprint density at radius 1 is 0.892 bits per heavy atom. The van der Waals surface area contributed by atoms with E-state index in [2.05, 4.69) is 76.8 Å². The van der Waals surface area contributed by atoms with Crippen molar-refractivity contribution in [1.29, 1.82) is 0 Å². The van der Waals surface area contributed by atoms with Crippen LogP contribution < -0.4 is 10.1 Å². The zero-order valence-electron chi connectivity index (χ0n) is 21.5. The number of aromatic nitrogens is 2. The number of rotatable bonds is 5. The van der Waals surface area contributed by atoms with Gasteiger partial charge in [0.2, 0.25) is 0 Å². The molecular weight excluding hydrogens is 458 g/mol. The summed E-state index contributed by atoms with van der Waals surface area (Å²) in [4.78, 5) is 14.1. The van der Waals surface area contributed by atoms with E-state index in [0.29, 0.717) is 17.1 Å². The third kappa shape index (κ3) is 3.91. The number of benzene rings is 3. The number of nitrogens with zero attached hydrogens (tertiary/aromatic N) is 2. The molecule has 2 aromatic heterocycles. The van der Waals surface area contributed by atoms with Crippen molar-refractivity contribution in [3.05, 3.63) is 101 Å². The fourth-order valence-corrected chi connectivity index (χ4v) is 5.59. The highest BCUT2D eigenvalue weighted by Crippen LogP contribution is 2.40. The maximum Gasteiger partial charge on any atom is 0.273 e. The van der Waals surface area contributed by atoms with Gasteiger partial charge in [-0.1, -0.05) is 60.7 Å². The summed E-state index contributed by atoms with van der Waals surface area (Å²) in [6.07, 6.45) is 5.27. The molecule has 5 nitrogen and oxygen atoms in total. The molecule has 37 heavy (non-hydrogen) atoms. The summed E-state index contributed by atoms with van der Waals surface area (Å²) in [5, 5.41) is 3.15. The fraction of sp³-hybridized carbons (Fsp3) is 0.219. The number of ether oxygens (including phenoxy) is 1. The minimum absolute atomic E-state index is 0.142. The molecule has 1 amide bonds. The van der Waals surface area contributed by atoms with Crippen LogP contribution in [0, 0.1) is 13.8 Å². The highest BCUT2D eigenvalue weighted by Gasteiger charge is 2.30. The first-order valence-electron chi connectivity index (χ1n) is 12.9. The van der Waals surface area contributed by atoms with Crippen molar-refractivity contribution in [3.8, 4) is 28.1 Å². The number of aryl methyl sites for hydroxylation is 4. The highest BCUT2D eigenvalue weighted by atomic mass is 16.5. The monoisotopic (exact) mass is 489 g/mol. The average molecular weight is 490 g/mol. The number of nitrogens with one attached hydrogen (secondary N) is 1. The summed E-state index contributed by atoms with van der Waals surface area (Å²) in [7, 11) is 1.62. The predicted molar refractivity (Wildman–Crippen MR) is 150 cm³/mol. The Labute approximate surface area is 217 Å². The maximum absolute atomic E-state index is 14.1. The van der Waals surface area contributed by atoms with Crippen molar-refractivity contribution in [2.75, 3.05) is 12.4 Å². The number of imidazole rings is 1. The molecular formula is C32H31N3O2. The summed E-state index contributed by atoms with van der Waals surface area (Å²) in [5.41, 5.74) is 10.6. The zero-order chi connectivity index (χ0) is 25.5. The Balaban J connectivity index is 1.62. The van der Waals surface area contributed by atoms with E-state index >= 15 is 0 Å². The van der Waals surface area contributed by atoms with Gasteiger partial charge in [-0.05, 0) is 67.5 Å². The van der Waals surface area contributed by atoms with Crippen molar-refractivity contribution in [2.24, 2.45) is 0 Å². The summed E-state index contributed by atoms with van der Waals surface area (Å²) in [6, 6.07) is 24.5. The Morgan fingerprint density at radius 2 is 1.68 bits per heavy atom. The minimum atomic E-state index is -0.142. The molecule has 3 heterocycles. The molecule has 6 rings (SSSR count). The van der Waals surface area contributed by atoms with Crippen LogP contribution in [0.3, 0.4) is 0 Å². The van der Waals surface area contributed by atoms with Crippen LogP contribution >= 0.6 is 0 Å².